The molecule has 3 aromatic rings. The lowest BCUT2D eigenvalue weighted by Crippen LogP contribution is -2.53. The second-order valence-corrected chi connectivity index (χ2v) is 8.70. The maximum atomic E-state index is 12.8. The maximum Gasteiger partial charge on any atom is 0.255 e. The molecule has 30 heavy (non-hydrogen) atoms. The number of fused-ring (bicyclic) bond motifs is 1. The third kappa shape index (κ3) is 3.93. The third-order valence-electron chi connectivity index (χ3n) is 5.44. The molecule has 9 heteroatoms. The molecule has 3 heterocycles. The molecule has 0 saturated carbocycles. The standard InChI is InChI=1S/C21H21Cl2N5O2/c1-21(2)6-8-27-19(30)10-17(16-5-7-24-12-25-16)26-20(27)28(21)11-18(29)13-3-4-14(22)15(23)9-13/h3-5,7,9-10,12,18,29H,6,8,11H2,1-2H3. The molecular weight excluding hydrogens is 425 g/mol. The number of aliphatic hydroxyl groups excluding tert-OH is 1. The highest BCUT2D eigenvalue weighted by molar-refractivity contribution is 6.42. The highest BCUT2D eigenvalue weighted by atomic mass is 35.5. The Balaban J connectivity index is 1.75. The molecule has 0 saturated heterocycles. The van der Waals surface area contributed by atoms with Crippen molar-refractivity contribution in [3.05, 3.63) is 68.8 Å². The van der Waals surface area contributed by atoms with Gasteiger partial charge in [0.1, 0.15) is 6.33 Å². The van der Waals surface area contributed by atoms with E-state index in [-0.39, 0.29) is 17.6 Å². The predicted octanol–water partition coefficient (Wildman–Crippen LogP) is 3.73. The number of hydrogen-bond acceptors (Lipinski definition) is 6. The number of aromatic nitrogens is 4. The molecule has 1 unspecified atom stereocenters. The fourth-order valence-electron chi connectivity index (χ4n) is 3.60. The second kappa shape index (κ2) is 7.98. The second-order valence-electron chi connectivity index (χ2n) is 7.89. The van der Waals surface area contributed by atoms with E-state index in [0.29, 0.717) is 39.5 Å². The van der Waals surface area contributed by atoms with Gasteiger partial charge in [0.2, 0.25) is 5.95 Å². The van der Waals surface area contributed by atoms with Gasteiger partial charge in [-0.05, 0) is 44.0 Å². The van der Waals surface area contributed by atoms with E-state index >= 15 is 0 Å². The number of hydrogen-bond donors (Lipinski definition) is 1. The van der Waals surface area contributed by atoms with Crippen LogP contribution in [0.2, 0.25) is 10.0 Å². The summed E-state index contributed by atoms with van der Waals surface area (Å²) in [7, 11) is 0. The largest absolute Gasteiger partial charge is 0.387 e. The Morgan fingerprint density at radius 1 is 1.17 bits per heavy atom. The van der Waals surface area contributed by atoms with E-state index in [9.17, 15) is 9.90 Å². The molecule has 0 spiro atoms. The first kappa shape index (κ1) is 20.8. The minimum atomic E-state index is -0.842. The summed E-state index contributed by atoms with van der Waals surface area (Å²) in [6, 6.07) is 8.25. The molecule has 156 valence electrons. The van der Waals surface area contributed by atoms with Crippen molar-refractivity contribution >= 4 is 29.2 Å². The Hall–Kier alpha value is -2.48. The molecule has 1 aliphatic rings. The summed E-state index contributed by atoms with van der Waals surface area (Å²) in [5, 5.41) is 11.7. The van der Waals surface area contributed by atoms with E-state index in [4.69, 9.17) is 28.2 Å². The number of anilines is 1. The number of nitrogens with zero attached hydrogens (tertiary/aromatic N) is 5. The van der Waals surface area contributed by atoms with Crippen LogP contribution in [-0.2, 0) is 6.54 Å². The Bertz CT molecular complexity index is 1130. The predicted molar refractivity (Wildman–Crippen MR) is 117 cm³/mol. The summed E-state index contributed by atoms with van der Waals surface area (Å²) < 4.78 is 1.64. The van der Waals surface area contributed by atoms with Crippen molar-refractivity contribution in [2.45, 2.75) is 38.5 Å². The van der Waals surface area contributed by atoms with Crippen LogP contribution < -0.4 is 10.5 Å². The summed E-state index contributed by atoms with van der Waals surface area (Å²) in [4.78, 5) is 27.6. The molecule has 0 radical (unpaired) electrons. The van der Waals surface area contributed by atoms with Gasteiger partial charge in [-0.15, -0.1) is 0 Å². The first-order chi connectivity index (χ1) is 14.3. The van der Waals surface area contributed by atoms with Crippen LogP contribution in [0.15, 0.2) is 47.7 Å². The fourth-order valence-corrected chi connectivity index (χ4v) is 3.91. The van der Waals surface area contributed by atoms with E-state index in [1.165, 1.54) is 12.4 Å². The van der Waals surface area contributed by atoms with Gasteiger partial charge in [0, 0.05) is 24.3 Å². The van der Waals surface area contributed by atoms with Gasteiger partial charge >= 0.3 is 0 Å². The average Bonchev–Trinajstić information content (AvgIpc) is 2.72. The van der Waals surface area contributed by atoms with Crippen LogP contribution in [0.4, 0.5) is 5.95 Å². The van der Waals surface area contributed by atoms with Crippen molar-refractivity contribution in [3.63, 3.8) is 0 Å². The molecule has 2 aromatic heterocycles. The van der Waals surface area contributed by atoms with Gasteiger partial charge < -0.3 is 10.0 Å². The molecule has 0 fully saturated rings. The van der Waals surface area contributed by atoms with Gasteiger partial charge in [-0.3, -0.25) is 9.36 Å². The smallest absolute Gasteiger partial charge is 0.255 e. The van der Waals surface area contributed by atoms with Gasteiger partial charge in [0.25, 0.3) is 5.56 Å². The highest BCUT2D eigenvalue weighted by Crippen LogP contribution is 2.34. The van der Waals surface area contributed by atoms with E-state index in [0.717, 1.165) is 6.42 Å². The number of benzene rings is 1. The van der Waals surface area contributed by atoms with Crippen molar-refractivity contribution in [1.82, 2.24) is 19.5 Å². The molecule has 4 rings (SSSR count). The summed E-state index contributed by atoms with van der Waals surface area (Å²) in [5.41, 5.74) is 1.21. The zero-order valence-corrected chi connectivity index (χ0v) is 18.1. The van der Waals surface area contributed by atoms with Crippen molar-refractivity contribution in [3.8, 4) is 11.4 Å². The zero-order valence-electron chi connectivity index (χ0n) is 16.6. The van der Waals surface area contributed by atoms with Crippen molar-refractivity contribution < 1.29 is 5.11 Å². The van der Waals surface area contributed by atoms with Gasteiger partial charge in [0.05, 0.1) is 34.1 Å². The van der Waals surface area contributed by atoms with Gasteiger partial charge in [-0.1, -0.05) is 29.3 Å². The Kier molecular flexibility index (Phi) is 5.53. The van der Waals surface area contributed by atoms with E-state index < -0.39 is 6.10 Å². The molecule has 0 amide bonds. The lowest BCUT2D eigenvalue weighted by Gasteiger charge is -2.45. The van der Waals surface area contributed by atoms with Crippen LogP contribution in [0.5, 0.6) is 0 Å². The summed E-state index contributed by atoms with van der Waals surface area (Å²) in [5.74, 6) is 0.506. The lowest BCUT2D eigenvalue weighted by atomic mass is 9.95. The Morgan fingerprint density at radius 3 is 2.67 bits per heavy atom. The fraction of sp³-hybridized carbons (Fsp3) is 0.333. The van der Waals surface area contributed by atoms with Crippen LogP contribution in [0, 0.1) is 0 Å². The molecule has 1 N–H and O–H groups in total. The van der Waals surface area contributed by atoms with E-state index in [2.05, 4.69) is 23.8 Å². The molecule has 0 bridgehead atoms. The Morgan fingerprint density at radius 2 is 1.97 bits per heavy atom. The normalized spacial score (nSPS) is 16.2. The Labute approximate surface area is 184 Å². The van der Waals surface area contributed by atoms with Crippen LogP contribution in [0.1, 0.15) is 31.9 Å². The summed E-state index contributed by atoms with van der Waals surface area (Å²) in [6.07, 6.45) is 2.92. The molecule has 1 aliphatic heterocycles. The first-order valence-electron chi connectivity index (χ1n) is 9.55. The van der Waals surface area contributed by atoms with Crippen LogP contribution in [0.25, 0.3) is 11.4 Å². The average molecular weight is 446 g/mol. The number of halogens is 2. The molecular formula is C21H21Cl2N5O2. The molecule has 0 aliphatic carbocycles. The number of β-amino-alcohol motifs (C(OH)–C–C–N with tert-alkyl or cyclic N) is 1. The highest BCUT2D eigenvalue weighted by Gasteiger charge is 2.36. The summed E-state index contributed by atoms with van der Waals surface area (Å²) >= 11 is 12.1. The van der Waals surface area contributed by atoms with Gasteiger partial charge in [-0.25, -0.2) is 15.0 Å². The quantitative estimate of drug-likeness (QED) is 0.658. The van der Waals surface area contributed by atoms with Crippen molar-refractivity contribution in [2.75, 3.05) is 11.4 Å². The maximum absolute atomic E-state index is 12.8. The van der Waals surface area contributed by atoms with Crippen molar-refractivity contribution in [1.29, 1.82) is 0 Å². The first-order valence-corrected chi connectivity index (χ1v) is 10.3. The van der Waals surface area contributed by atoms with Crippen LogP contribution in [-0.4, -0.2) is 36.7 Å². The van der Waals surface area contributed by atoms with Crippen molar-refractivity contribution in [2.24, 2.45) is 0 Å². The summed E-state index contributed by atoms with van der Waals surface area (Å²) in [6.45, 7) is 4.94. The van der Waals surface area contributed by atoms with Crippen LogP contribution in [0.3, 0.4) is 0 Å². The number of rotatable bonds is 4. The molecule has 1 aromatic carbocycles. The van der Waals surface area contributed by atoms with E-state index in [1.54, 1.807) is 35.0 Å². The SMILES string of the molecule is CC1(C)CCn2c(nc(-c3ccncn3)cc2=O)N1CC(O)c1ccc(Cl)c(Cl)c1. The molecule has 7 nitrogen and oxygen atoms in total. The minimum absolute atomic E-state index is 0.155. The topological polar surface area (TPSA) is 84.1 Å². The zero-order chi connectivity index (χ0) is 21.5. The third-order valence-corrected chi connectivity index (χ3v) is 6.17. The minimum Gasteiger partial charge on any atom is -0.387 e. The lowest BCUT2D eigenvalue weighted by molar-refractivity contribution is 0.169. The van der Waals surface area contributed by atoms with E-state index in [1.807, 2.05) is 4.90 Å². The van der Waals surface area contributed by atoms with Crippen LogP contribution >= 0.6 is 23.2 Å². The van der Waals surface area contributed by atoms with Gasteiger partial charge in [-0.2, -0.15) is 0 Å². The molecule has 1 atom stereocenters. The van der Waals surface area contributed by atoms with Gasteiger partial charge in [0.15, 0.2) is 0 Å². The number of aliphatic hydroxyl groups is 1. The monoisotopic (exact) mass is 445 g/mol.